The molecule has 122 valence electrons. The number of nitrogens with one attached hydrogen (secondary N) is 2. The first kappa shape index (κ1) is 16.9. The third-order valence-electron chi connectivity index (χ3n) is 3.44. The van der Waals surface area contributed by atoms with Gasteiger partial charge in [0.25, 0.3) is 0 Å². The summed E-state index contributed by atoms with van der Waals surface area (Å²) in [5.74, 6) is 1.28. The van der Waals surface area contributed by atoms with Gasteiger partial charge in [-0.25, -0.2) is 0 Å². The van der Waals surface area contributed by atoms with Gasteiger partial charge in [0.1, 0.15) is 5.75 Å². The molecular formula is C19H24N2O2. The van der Waals surface area contributed by atoms with Crippen molar-refractivity contribution in [1.82, 2.24) is 0 Å². The molecule has 0 saturated carbocycles. The van der Waals surface area contributed by atoms with E-state index in [0.717, 1.165) is 22.7 Å². The highest BCUT2D eigenvalue weighted by molar-refractivity contribution is 5.90. The maximum Gasteiger partial charge on any atom is 0.224 e. The fraction of sp³-hybridized carbons (Fsp3) is 0.316. The van der Waals surface area contributed by atoms with Gasteiger partial charge in [-0.05, 0) is 36.2 Å². The van der Waals surface area contributed by atoms with Crippen molar-refractivity contribution in [3.05, 3.63) is 54.1 Å². The van der Waals surface area contributed by atoms with Gasteiger partial charge in [-0.15, -0.1) is 0 Å². The number of carbonyl (C=O) groups excluding carboxylic acids is 1. The minimum absolute atomic E-state index is 0.0507. The van der Waals surface area contributed by atoms with Crippen LogP contribution in [0.5, 0.6) is 5.75 Å². The Morgan fingerprint density at radius 1 is 1.04 bits per heavy atom. The van der Waals surface area contributed by atoms with E-state index in [2.05, 4.69) is 10.6 Å². The number of amides is 1. The van der Waals surface area contributed by atoms with Crippen LogP contribution in [0.25, 0.3) is 0 Å². The molecule has 0 bridgehead atoms. The first-order chi connectivity index (χ1) is 11.1. The van der Waals surface area contributed by atoms with Crippen LogP contribution in [0.3, 0.4) is 0 Å². The van der Waals surface area contributed by atoms with E-state index in [4.69, 9.17) is 4.74 Å². The molecule has 2 aromatic carbocycles. The summed E-state index contributed by atoms with van der Waals surface area (Å²) >= 11 is 0. The molecule has 0 fully saturated rings. The zero-order valence-electron chi connectivity index (χ0n) is 13.9. The van der Waals surface area contributed by atoms with Crippen LogP contribution in [0.4, 0.5) is 11.4 Å². The molecule has 0 spiro atoms. The molecule has 0 unspecified atom stereocenters. The Morgan fingerprint density at radius 3 is 2.35 bits per heavy atom. The lowest BCUT2D eigenvalue weighted by atomic mass is 10.1. The van der Waals surface area contributed by atoms with E-state index in [1.54, 1.807) is 7.11 Å². The Balaban J connectivity index is 1.91. The van der Waals surface area contributed by atoms with Crippen molar-refractivity contribution in [2.24, 2.45) is 5.92 Å². The third kappa shape index (κ3) is 5.33. The number of hydrogen-bond acceptors (Lipinski definition) is 3. The first-order valence-electron chi connectivity index (χ1n) is 7.84. The molecule has 4 heteroatoms. The van der Waals surface area contributed by atoms with Crippen LogP contribution in [-0.2, 0) is 11.3 Å². The summed E-state index contributed by atoms with van der Waals surface area (Å²) in [6.45, 7) is 4.75. The number of ether oxygens (including phenoxy) is 1. The monoisotopic (exact) mass is 312 g/mol. The number of hydrogen-bond donors (Lipinski definition) is 2. The van der Waals surface area contributed by atoms with Crippen LogP contribution >= 0.6 is 0 Å². The Hall–Kier alpha value is -2.49. The quantitative estimate of drug-likeness (QED) is 0.802. The maximum atomic E-state index is 11.7. The standard InChI is InChI=1S/C19H24N2O2/c1-14(2)12-19(22)21-17-10-8-16(9-11-17)20-13-15-6-4-5-7-18(15)23-3/h4-11,14,20H,12-13H2,1-3H3,(H,21,22). The molecule has 0 atom stereocenters. The van der Waals surface area contributed by atoms with Gasteiger partial charge >= 0.3 is 0 Å². The zero-order valence-corrected chi connectivity index (χ0v) is 13.9. The third-order valence-corrected chi connectivity index (χ3v) is 3.44. The molecule has 0 aromatic heterocycles. The molecule has 1 amide bonds. The molecule has 0 aliphatic rings. The predicted molar refractivity (Wildman–Crippen MR) is 94.8 cm³/mol. The van der Waals surface area contributed by atoms with Gasteiger partial charge in [0, 0.05) is 29.9 Å². The van der Waals surface area contributed by atoms with Gasteiger partial charge in [0.2, 0.25) is 5.91 Å². The van der Waals surface area contributed by atoms with Crippen LogP contribution in [-0.4, -0.2) is 13.0 Å². The van der Waals surface area contributed by atoms with Crippen LogP contribution in [0, 0.1) is 5.92 Å². The van der Waals surface area contributed by atoms with Crippen molar-refractivity contribution in [3.63, 3.8) is 0 Å². The lowest BCUT2D eigenvalue weighted by Crippen LogP contribution is -2.13. The number of para-hydroxylation sites is 1. The van der Waals surface area contributed by atoms with Crippen LogP contribution in [0.2, 0.25) is 0 Å². The van der Waals surface area contributed by atoms with Crippen molar-refractivity contribution < 1.29 is 9.53 Å². The lowest BCUT2D eigenvalue weighted by molar-refractivity contribution is -0.116. The highest BCUT2D eigenvalue weighted by atomic mass is 16.5. The van der Waals surface area contributed by atoms with Crippen molar-refractivity contribution in [2.45, 2.75) is 26.8 Å². The summed E-state index contributed by atoms with van der Waals surface area (Å²) in [5.41, 5.74) is 2.92. The summed E-state index contributed by atoms with van der Waals surface area (Å²) in [5, 5.41) is 6.26. The van der Waals surface area contributed by atoms with E-state index in [0.29, 0.717) is 18.9 Å². The molecule has 0 radical (unpaired) electrons. The second-order valence-electron chi connectivity index (χ2n) is 5.89. The van der Waals surface area contributed by atoms with E-state index >= 15 is 0 Å². The zero-order chi connectivity index (χ0) is 16.7. The van der Waals surface area contributed by atoms with Crippen molar-refractivity contribution >= 4 is 17.3 Å². The minimum atomic E-state index is 0.0507. The van der Waals surface area contributed by atoms with Crippen molar-refractivity contribution in [1.29, 1.82) is 0 Å². The molecule has 0 saturated heterocycles. The van der Waals surface area contributed by atoms with Crippen LogP contribution in [0.1, 0.15) is 25.8 Å². The topological polar surface area (TPSA) is 50.4 Å². The molecular weight excluding hydrogens is 288 g/mol. The van der Waals surface area contributed by atoms with Gasteiger partial charge in [0.15, 0.2) is 0 Å². The van der Waals surface area contributed by atoms with Crippen molar-refractivity contribution in [2.75, 3.05) is 17.7 Å². The Kier molecular flexibility index (Phi) is 6.03. The molecule has 2 rings (SSSR count). The van der Waals surface area contributed by atoms with Crippen molar-refractivity contribution in [3.8, 4) is 5.75 Å². The Labute approximate surface area is 137 Å². The molecule has 0 aliphatic carbocycles. The van der Waals surface area contributed by atoms with Gasteiger partial charge in [-0.2, -0.15) is 0 Å². The van der Waals surface area contributed by atoms with Gasteiger partial charge in [0.05, 0.1) is 7.11 Å². The maximum absolute atomic E-state index is 11.7. The minimum Gasteiger partial charge on any atom is -0.496 e. The predicted octanol–water partition coefficient (Wildman–Crippen LogP) is 4.29. The summed E-state index contributed by atoms with van der Waals surface area (Å²) in [7, 11) is 1.67. The van der Waals surface area contributed by atoms with Crippen LogP contribution < -0.4 is 15.4 Å². The van der Waals surface area contributed by atoms with Gasteiger partial charge in [-0.3, -0.25) is 4.79 Å². The summed E-state index contributed by atoms with van der Waals surface area (Å²) in [6, 6.07) is 15.7. The largest absolute Gasteiger partial charge is 0.496 e. The number of anilines is 2. The number of benzene rings is 2. The van der Waals surface area contributed by atoms with Gasteiger partial charge < -0.3 is 15.4 Å². The second-order valence-corrected chi connectivity index (χ2v) is 5.89. The van der Waals surface area contributed by atoms with E-state index < -0.39 is 0 Å². The average Bonchev–Trinajstić information content (AvgIpc) is 2.53. The second kappa shape index (κ2) is 8.22. The fourth-order valence-electron chi connectivity index (χ4n) is 2.30. The van der Waals surface area contributed by atoms with E-state index in [1.165, 1.54) is 0 Å². The summed E-state index contributed by atoms with van der Waals surface area (Å²) < 4.78 is 5.34. The molecule has 0 heterocycles. The molecule has 23 heavy (non-hydrogen) atoms. The normalized spacial score (nSPS) is 10.4. The Bertz CT molecular complexity index is 636. The number of methoxy groups -OCH3 is 1. The summed E-state index contributed by atoms with van der Waals surface area (Å²) in [6.07, 6.45) is 0.536. The highest BCUT2D eigenvalue weighted by Gasteiger charge is 2.05. The van der Waals surface area contributed by atoms with E-state index in [1.807, 2.05) is 62.4 Å². The molecule has 2 aromatic rings. The Morgan fingerprint density at radius 2 is 1.70 bits per heavy atom. The van der Waals surface area contributed by atoms with E-state index in [9.17, 15) is 4.79 Å². The summed E-state index contributed by atoms with van der Waals surface area (Å²) in [4.78, 5) is 11.7. The number of rotatable bonds is 7. The fourth-order valence-corrected chi connectivity index (χ4v) is 2.30. The molecule has 0 aliphatic heterocycles. The van der Waals surface area contributed by atoms with Gasteiger partial charge in [-0.1, -0.05) is 32.0 Å². The SMILES string of the molecule is COc1ccccc1CNc1ccc(NC(=O)CC(C)C)cc1. The van der Waals surface area contributed by atoms with E-state index in [-0.39, 0.29) is 5.91 Å². The molecule has 2 N–H and O–H groups in total. The molecule has 4 nitrogen and oxygen atoms in total. The number of carbonyl (C=O) groups is 1. The first-order valence-corrected chi connectivity index (χ1v) is 7.84. The lowest BCUT2D eigenvalue weighted by Gasteiger charge is -2.11. The van der Waals surface area contributed by atoms with Crippen LogP contribution in [0.15, 0.2) is 48.5 Å². The average molecular weight is 312 g/mol. The smallest absolute Gasteiger partial charge is 0.224 e. The highest BCUT2D eigenvalue weighted by Crippen LogP contribution is 2.20.